The van der Waals surface area contributed by atoms with Crippen molar-refractivity contribution in [1.82, 2.24) is 4.90 Å². The Kier molecular flexibility index (Phi) is 1.79. The summed E-state index contributed by atoms with van der Waals surface area (Å²) in [6, 6.07) is 0. The van der Waals surface area contributed by atoms with E-state index in [1.807, 2.05) is 0 Å². The van der Waals surface area contributed by atoms with E-state index in [0.717, 1.165) is 25.9 Å². The first kappa shape index (κ1) is 7.98. The maximum absolute atomic E-state index is 12.7. The molecule has 0 N–H and O–H groups in total. The Labute approximate surface area is 71.2 Å². The van der Waals surface area contributed by atoms with E-state index in [1.165, 1.54) is 0 Å². The summed E-state index contributed by atoms with van der Waals surface area (Å²) in [5.74, 6) is -0.348. The summed E-state index contributed by atoms with van der Waals surface area (Å²) in [5.41, 5.74) is -0.295. The van der Waals surface area contributed by atoms with Crippen LogP contribution in [0.4, 0.5) is 4.39 Å². The second-order valence-electron chi connectivity index (χ2n) is 3.72. The minimum absolute atomic E-state index is 0.295. The zero-order valence-electron chi connectivity index (χ0n) is 7.22. The fraction of sp³-hybridized carbons (Fsp3) is 0.875. The van der Waals surface area contributed by atoms with Gasteiger partial charge in [0.2, 0.25) is 5.97 Å². The number of hydrogen-bond acceptors (Lipinski definition) is 3. The fourth-order valence-electron chi connectivity index (χ4n) is 1.77. The third-order valence-electron chi connectivity index (χ3n) is 2.70. The predicted molar refractivity (Wildman–Crippen MR) is 43.7 cm³/mol. The van der Waals surface area contributed by atoms with Crippen LogP contribution in [0.3, 0.4) is 0 Å². The summed E-state index contributed by atoms with van der Waals surface area (Å²) in [4.78, 5) is 7.36. The van der Waals surface area contributed by atoms with Crippen LogP contribution in [0.25, 0.3) is 0 Å². The Balaban J connectivity index is 1.97. The van der Waals surface area contributed by atoms with Gasteiger partial charge in [-0.1, -0.05) is 5.16 Å². The molecule has 0 saturated carbocycles. The van der Waals surface area contributed by atoms with Gasteiger partial charge in [-0.3, -0.25) is 0 Å². The molecule has 0 radical (unpaired) electrons. The first-order chi connectivity index (χ1) is 5.70. The minimum atomic E-state index is -0.348. The zero-order chi connectivity index (χ0) is 8.60. The van der Waals surface area contributed by atoms with E-state index < -0.39 is 0 Å². The highest BCUT2D eigenvalue weighted by Gasteiger charge is 2.41. The van der Waals surface area contributed by atoms with E-state index in [9.17, 15) is 4.39 Å². The van der Waals surface area contributed by atoms with Crippen molar-refractivity contribution in [3.63, 3.8) is 0 Å². The van der Waals surface area contributed by atoms with E-state index in [2.05, 4.69) is 17.1 Å². The molecule has 12 heavy (non-hydrogen) atoms. The number of oxime groups is 1. The Morgan fingerprint density at radius 3 is 2.67 bits per heavy atom. The molecule has 2 aliphatic heterocycles. The molecule has 4 heteroatoms. The van der Waals surface area contributed by atoms with Crippen LogP contribution in [-0.2, 0) is 4.84 Å². The monoisotopic (exact) mass is 172 g/mol. The van der Waals surface area contributed by atoms with Crippen molar-refractivity contribution in [1.29, 1.82) is 0 Å². The molecule has 0 aliphatic carbocycles. The van der Waals surface area contributed by atoms with Gasteiger partial charge in [-0.25, -0.2) is 0 Å². The second kappa shape index (κ2) is 2.69. The molecule has 68 valence electrons. The Morgan fingerprint density at radius 2 is 2.17 bits per heavy atom. The molecule has 1 spiro atoms. The van der Waals surface area contributed by atoms with Crippen molar-refractivity contribution in [2.24, 2.45) is 5.16 Å². The van der Waals surface area contributed by atoms with E-state index in [-0.39, 0.29) is 11.6 Å². The molecule has 2 aliphatic rings. The Morgan fingerprint density at radius 1 is 1.50 bits per heavy atom. The maximum Gasteiger partial charge on any atom is 0.230 e. The van der Waals surface area contributed by atoms with Crippen molar-refractivity contribution >= 4 is 5.97 Å². The summed E-state index contributed by atoms with van der Waals surface area (Å²) in [7, 11) is 2.07. The van der Waals surface area contributed by atoms with Crippen molar-refractivity contribution < 1.29 is 9.23 Å². The van der Waals surface area contributed by atoms with Gasteiger partial charge in [0.15, 0.2) is 0 Å². The fourth-order valence-corrected chi connectivity index (χ4v) is 1.77. The van der Waals surface area contributed by atoms with Crippen LogP contribution in [0, 0.1) is 0 Å². The molecule has 0 atom stereocenters. The average molecular weight is 172 g/mol. The third kappa shape index (κ3) is 1.31. The van der Waals surface area contributed by atoms with Crippen molar-refractivity contribution in [3.8, 4) is 0 Å². The van der Waals surface area contributed by atoms with E-state index in [4.69, 9.17) is 4.84 Å². The Bertz CT molecular complexity index is 209. The topological polar surface area (TPSA) is 24.8 Å². The van der Waals surface area contributed by atoms with Crippen LogP contribution in [0.5, 0.6) is 0 Å². The number of likely N-dealkylation sites (tertiary alicyclic amines) is 1. The molecular weight excluding hydrogens is 159 g/mol. The van der Waals surface area contributed by atoms with Gasteiger partial charge in [-0.2, -0.15) is 4.39 Å². The number of hydrogen-bond donors (Lipinski definition) is 0. The van der Waals surface area contributed by atoms with Gasteiger partial charge < -0.3 is 9.74 Å². The second-order valence-corrected chi connectivity index (χ2v) is 3.72. The molecule has 1 fully saturated rings. The lowest BCUT2D eigenvalue weighted by molar-refractivity contribution is -0.0578. The minimum Gasteiger partial charge on any atom is -0.386 e. The standard InChI is InChI=1S/C8H13FN2O/c1-11-4-2-8(3-5-11)6-7(9)10-12-8/h2-6H2,1H3. The number of piperidine rings is 1. The van der Waals surface area contributed by atoms with E-state index in [0.29, 0.717) is 6.42 Å². The number of halogens is 1. The first-order valence-corrected chi connectivity index (χ1v) is 4.29. The van der Waals surface area contributed by atoms with Crippen LogP contribution in [0.2, 0.25) is 0 Å². The largest absolute Gasteiger partial charge is 0.386 e. The number of rotatable bonds is 0. The molecule has 0 aromatic carbocycles. The van der Waals surface area contributed by atoms with Gasteiger partial charge in [0.25, 0.3) is 0 Å². The van der Waals surface area contributed by atoms with Crippen molar-refractivity contribution in [2.75, 3.05) is 20.1 Å². The summed E-state index contributed by atoms with van der Waals surface area (Å²) < 4.78 is 12.7. The van der Waals surface area contributed by atoms with Crippen LogP contribution < -0.4 is 0 Å². The molecule has 2 heterocycles. The van der Waals surface area contributed by atoms with Crippen LogP contribution in [0.15, 0.2) is 5.16 Å². The van der Waals surface area contributed by atoms with Gasteiger partial charge in [-0.05, 0) is 7.05 Å². The van der Waals surface area contributed by atoms with Gasteiger partial charge in [-0.15, -0.1) is 0 Å². The summed E-state index contributed by atoms with van der Waals surface area (Å²) in [6.45, 7) is 1.95. The van der Waals surface area contributed by atoms with Gasteiger partial charge in [0.05, 0.1) is 6.42 Å². The van der Waals surface area contributed by atoms with E-state index >= 15 is 0 Å². The summed E-state index contributed by atoms with van der Waals surface area (Å²) in [6.07, 6.45) is 2.15. The van der Waals surface area contributed by atoms with Gasteiger partial charge in [0, 0.05) is 25.9 Å². The molecule has 0 aromatic rings. The molecule has 2 rings (SSSR count). The lowest BCUT2D eigenvalue weighted by Crippen LogP contribution is -2.42. The number of nitrogens with zero attached hydrogens (tertiary/aromatic N) is 2. The highest BCUT2D eigenvalue weighted by atomic mass is 19.1. The van der Waals surface area contributed by atoms with Gasteiger partial charge in [0.1, 0.15) is 5.60 Å². The summed E-state index contributed by atoms with van der Waals surface area (Å²) >= 11 is 0. The maximum atomic E-state index is 12.7. The van der Waals surface area contributed by atoms with Crippen molar-refractivity contribution in [3.05, 3.63) is 0 Å². The van der Waals surface area contributed by atoms with Crippen LogP contribution >= 0.6 is 0 Å². The highest BCUT2D eigenvalue weighted by Crippen LogP contribution is 2.34. The van der Waals surface area contributed by atoms with Crippen LogP contribution in [-0.4, -0.2) is 36.6 Å². The van der Waals surface area contributed by atoms with Crippen LogP contribution in [0.1, 0.15) is 19.3 Å². The normalized spacial score (nSPS) is 28.7. The average Bonchev–Trinajstić information content (AvgIpc) is 2.40. The first-order valence-electron chi connectivity index (χ1n) is 4.29. The molecule has 0 aromatic heterocycles. The highest BCUT2D eigenvalue weighted by molar-refractivity contribution is 5.76. The zero-order valence-corrected chi connectivity index (χ0v) is 7.22. The molecule has 0 bridgehead atoms. The predicted octanol–water partition coefficient (Wildman–Crippen LogP) is 1.15. The Hall–Kier alpha value is -0.640. The molecule has 3 nitrogen and oxygen atoms in total. The van der Waals surface area contributed by atoms with E-state index in [1.54, 1.807) is 0 Å². The third-order valence-corrected chi connectivity index (χ3v) is 2.70. The molecule has 0 unspecified atom stereocenters. The quantitative estimate of drug-likeness (QED) is 0.547. The molecule has 1 saturated heterocycles. The summed E-state index contributed by atoms with van der Waals surface area (Å²) in [5, 5.41) is 3.37. The smallest absolute Gasteiger partial charge is 0.230 e. The van der Waals surface area contributed by atoms with Gasteiger partial charge >= 0.3 is 0 Å². The molecular formula is C8H13FN2O. The lowest BCUT2D eigenvalue weighted by Gasteiger charge is -2.34. The molecule has 0 amide bonds. The lowest BCUT2D eigenvalue weighted by atomic mass is 9.89. The SMILES string of the molecule is CN1CCC2(CC1)CC(F)=NO2. The van der Waals surface area contributed by atoms with Crippen molar-refractivity contribution in [2.45, 2.75) is 24.9 Å².